The maximum absolute atomic E-state index is 12.0. The Kier molecular flexibility index (Phi) is 8.10. The summed E-state index contributed by atoms with van der Waals surface area (Å²) in [5, 5.41) is 0. The summed E-state index contributed by atoms with van der Waals surface area (Å²) in [6.45, 7) is 7.36. The van der Waals surface area contributed by atoms with Crippen LogP contribution < -0.4 is 4.74 Å². The van der Waals surface area contributed by atoms with Crippen LogP contribution in [0.4, 0.5) is 11.4 Å². The first-order chi connectivity index (χ1) is 18.7. The molecule has 4 aromatic rings. The van der Waals surface area contributed by atoms with E-state index in [1.54, 1.807) is 12.4 Å². The average Bonchev–Trinajstić information content (AvgIpc) is 3.39. The Labute approximate surface area is 226 Å². The second-order valence-corrected chi connectivity index (χ2v) is 8.92. The van der Waals surface area contributed by atoms with E-state index in [0.29, 0.717) is 22.6 Å². The van der Waals surface area contributed by atoms with Crippen LogP contribution in [-0.4, -0.2) is 48.6 Å². The summed E-state index contributed by atoms with van der Waals surface area (Å²) in [5.41, 5.74) is 7.10. The summed E-state index contributed by atoms with van der Waals surface area (Å²) in [4.78, 5) is 39.3. The van der Waals surface area contributed by atoms with Gasteiger partial charge in [-0.2, -0.15) is 0 Å². The molecule has 39 heavy (non-hydrogen) atoms. The summed E-state index contributed by atoms with van der Waals surface area (Å²) in [5.74, 6) is 0.583. The first kappa shape index (κ1) is 27.1. The van der Waals surface area contributed by atoms with E-state index in [4.69, 9.17) is 14.2 Å². The Balaban J connectivity index is 1.39. The van der Waals surface area contributed by atoms with E-state index < -0.39 is 0 Å². The number of aryl methyl sites for hydroxylation is 2. The summed E-state index contributed by atoms with van der Waals surface area (Å²) in [6.07, 6.45) is 3.38. The summed E-state index contributed by atoms with van der Waals surface area (Å²) in [7, 11) is 2.73. The van der Waals surface area contributed by atoms with Gasteiger partial charge in [0.1, 0.15) is 11.5 Å². The lowest BCUT2D eigenvalue weighted by Gasteiger charge is -2.06. The number of hydrogen-bond donors (Lipinski definition) is 2. The zero-order chi connectivity index (χ0) is 28.1. The van der Waals surface area contributed by atoms with Crippen LogP contribution in [0.5, 0.6) is 11.5 Å². The summed E-state index contributed by atoms with van der Waals surface area (Å²) < 4.78 is 15.7. The molecule has 0 aliphatic heterocycles. The van der Waals surface area contributed by atoms with E-state index >= 15 is 0 Å². The van der Waals surface area contributed by atoms with E-state index in [0.717, 1.165) is 45.3 Å². The third kappa shape index (κ3) is 5.98. The van der Waals surface area contributed by atoms with Crippen LogP contribution in [0, 0.1) is 27.7 Å². The van der Waals surface area contributed by atoms with Crippen molar-refractivity contribution in [3.8, 4) is 11.5 Å². The van der Waals surface area contributed by atoms with Gasteiger partial charge in [-0.3, -0.25) is 9.98 Å². The lowest BCUT2D eigenvalue weighted by molar-refractivity contribution is 0.0590. The van der Waals surface area contributed by atoms with Gasteiger partial charge in [-0.15, -0.1) is 0 Å². The number of aromatic amines is 2. The second-order valence-electron chi connectivity index (χ2n) is 8.92. The van der Waals surface area contributed by atoms with E-state index in [2.05, 4.69) is 20.0 Å². The number of carbonyl (C=O) groups excluding carboxylic acids is 2. The quantitative estimate of drug-likeness (QED) is 0.202. The Morgan fingerprint density at radius 3 is 1.33 bits per heavy atom. The maximum atomic E-state index is 12.0. The molecule has 0 fully saturated rings. The molecule has 200 valence electrons. The number of rotatable bonds is 8. The van der Waals surface area contributed by atoms with Crippen molar-refractivity contribution >= 4 is 35.7 Å². The number of esters is 2. The fraction of sp³-hybridized carbons (Fsp3) is 0.200. The molecule has 0 aliphatic rings. The SMILES string of the molecule is COC(=O)c1c(C)[nH]c(C=Nc2ccc(Oc3ccc(N=Cc4[nH]c(C)c(C(=O)OC)c4C)cc3)cc2)c1C. The van der Waals surface area contributed by atoms with Crippen molar-refractivity contribution in [3.63, 3.8) is 0 Å². The molecule has 0 unspecified atom stereocenters. The minimum absolute atomic E-state index is 0.373. The number of benzene rings is 2. The largest absolute Gasteiger partial charge is 0.465 e. The van der Waals surface area contributed by atoms with Crippen LogP contribution in [0.3, 0.4) is 0 Å². The van der Waals surface area contributed by atoms with Gasteiger partial charge in [-0.05, 0) is 87.4 Å². The topological polar surface area (TPSA) is 118 Å². The van der Waals surface area contributed by atoms with Crippen molar-refractivity contribution in [2.24, 2.45) is 9.98 Å². The van der Waals surface area contributed by atoms with E-state index in [1.165, 1.54) is 14.2 Å². The molecule has 2 heterocycles. The molecular formula is C30H30N4O5. The highest BCUT2D eigenvalue weighted by Gasteiger charge is 2.18. The van der Waals surface area contributed by atoms with Gasteiger partial charge in [0, 0.05) is 11.4 Å². The normalized spacial score (nSPS) is 11.3. The number of nitrogens with one attached hydrogen (secondary N) is 2. The number of aliphatic imine (C=N–C) groups is 2. The van der Waals surface area contributed by atoms with Gasteiger partial charge in [-0.1, -0.05) is 0 Å². The lowest BCUT2D eigenvalue weighted by Crippen LogP contribution is -2.03. The predicted molar refractivity (Wildman–Crippen MR) is 151 cm³/mol. The molecule has 0 bridgehead atoms. The van der Waals surface area contributed by atoms with Crippen LogP contribution in [0.1, 0.15) is 54.6 Å². The maximum Gasteiger partial charge on any atom is 0.339 e. The van der Waals surface area contributed by atoms with Gasteiger partial charge < -0.3 is 24.2 Å². The molecule has 0 aliphatic carbocycles. The van der Waals surface area contributed by atoms with Crippen molar-refractivity contribution in [2.45, 2.75) is 27.7 Å². The Morgan fingerprint density at radius 1 is 0.641 bits per heavy atom. The van der Waals surface area contributed by atoms with Gasteiger partial charge in [0.15, 0.2) is 0 Å². The van der Waals surface area contributed by atoms with Crippen molar-refractivity contribution < 1.29 is 23.8 Å². The van der Waals surface area contributed by atoms with Crippen LogP contribution in [0.25, 0.3) is 0 Å². The van der Waals surface area contributed by atoms with Gasteiger partial charge in [0.05, 0.1) is 60.5 Å². The van der Waals surface area contributed by atoms with Crippen molar-refractivity contribution in [1.29, 1.82) is 0 Å². The second kappa shape index (κ2) is 11.6. The number of hydrogen-bond acceptors (Lipinski definition) is 7. The molecule has 2 aromatic heterocycles. The number of nitrogens with zero attached hydrogens (tertiary/aromatic N) is 2. The fourth-order valence-electron chi connectivity index (χ4n) is 4.24. The molecule has 4 rings (SSSR count). The standard InChI is InChI=1S/C30H30N4O5/c1-17-25(33-19(3)27(17)29(35)37-5)15-31-21-7-11-23(12-8-21)39-24-13-9-22(10-14-24)32-16-26-18(2)28(20(4)34-26)30(36)38-6/h7-16,33-34H,1-6H3. The Morgan fingerprint density at radius 2 is 1.00 bits per heavy atom. The highest BCUT2D eigenvalue weighted by molar-refractivity contribution is 5.97. The molecule has 0 atom stereocenters. The van der Waals surface area contributed by atoms with Crippen LogP contribution in [0.2, 0.25) is 0 Å². The molecule has 2 N–H and O–H groups in total. The zero-order valence-electron chi connectivity index (χ0n) is 22.7. The van der Waals surface area contributed by atoms with Crippen LogP contribution in [0.15, 0.2) is 58.5 Å². The van der Waals surface area contributed by atoms with Gasteiger partial charge in [0.2, 0.25) is 0 Å². The number of H-pyrrole nitrogens is 2. The lowest BCUT2D eigenvalue weighted by atomic mass is 10.1. The van der Waals surface area contributed by atoms with Crippen LogP contribution >= 0.6 is 0 Å². The van der Waals surface area contributed by atoms with Gasteiger partial charge >= 0.3 is 11.9 Å². The molecular weight excluding hydrogens is 496 g/mol. The fourth-order valence-corrected chi connectivity index (χ4v) is 4.24. The van der Waals surface area contributed by atoms with Gasteiger partial charge in [0.25, 0.3) is 0 Å². The van der Waals surface area contributed by atoms with E-state index in [9.17, 15) is 9.59 Å². The Hall–Kier alpha value is -4.92. The number of methoxy groups -OCH3 is 2. The molecule has 0 saturated heterocycles. The molecule has 0 amide bonds. The molecule has 9 nitrogen and oxygen atoms in total. The van der Waals surface area contributed by atoms with Crippen molar-refractivity contribution in [1.82, 2.24) is 9.97 Å². The van der Waals surface area contributed by atoms with Crippen molar-refractivity contribution in [2.75, 3.05) is 14.2 Å². The zero-order valence-corrected chi connectivity index (χ0v) is 22.7. The van der Waals surface area contributed by atoms with Crippen LogP contribution in [-0.2, 0) is 9.47 Å². The number of aromatic nitrogens is 2. The average molecular weight is 527 g/mol. The molecule has 9 heteroatoms. The third-order valence-corrected chi connectivity index (χ3v) is 6.33. The van der Waals surface area contributed by atoms with E-state index in [1.807, 2.05) is 76.2 Å². The highest BCUT2D eigenvalue weighted by Crippen LogP contribution is 2.27. The summed E-state index contributed by atoms with van der Waals surface area (Å²) in [6, 6.07) is 14.7. The van der Waals surface area contributed by atoms with Crippen molar-refractivity contribution in [3.05, 3.63) is 93.6 Å². The summed E-state index contributed by atoms with van der Waals surface area (Å²) >= 11 is 0. The Bertz CT molecular complexity index is 1440. The predicted octanol–water partition coefficient (Wildman–Crippen LogP) is 6.44. The molecule has 0 spiro atoms. The first-order valence-corrected chi connectivity index (χ1v) is 12.2. The minimum atomic E-state index is -0.373. The minimum Gasteiger partial charge on any atom is -0.465 e. The monoisotopic (exact) mass is 526 g/mol. The van der Waals surface area contributed by atoms with Gasteiger partial charge in [-0.25, -0.2) is 9.59 Å². The highest BCUT2D eigenvalue weighted by atomic mass is 16.5. The smallest absolute Gasteiger partial charge is 0.339 e. The van der Waals surface area contributed by atoms with E-state index in [-0.39, 0.29) is 11.9 Å². The third-order valence-electron chi connectivity index (χ3n) is 6.33. The molecule has 2 aromatic carbocycles. The number of carbonyl (C=O) groups is 2. The molecule has 0 radical (unpaired) electrons. The number of ether oxygens (including phenoxy) is 3. The first-order valence-electron chi connectivity index (χ1n) is 12.2. The molecule has 0 saturated carbocycles.